The lowest BCUT2D eigenvalue weighted by molar-refractivity contribution is -0.151. The van der Waals surface area contributed by atoms with E-state index in [-0.39, 0.29) is 30.6 Å². The van der Waals surface area contributed by atoms with Crippen molar-refractivity contribution in [2.45, 2.75) is 26.7 Å². The van der Waals surface area contributed by atoms with Crippen molar-refractivity contribution in [3.05, 3.63) is 35.8 Å². The molecule has 2 heterocycles. The molecular weight excluding hydrogens is 311 g/mol. The number of hydrogen-bond donors (Lipinski definition) is 2. The lowest BCUT2D eigenvalue weighted by atomic mass is 9.76. The number of aromatic nitrogens is 1. The molecule has 24 heavy (non-hydrogen) atoms. The van der Waals surface area contributed by atoms with Gasteiger partial charge in [0.1, 0.15) is 5.82 Å². The molecule has 3 rings (SSSR count). The van der Waals surface area contributed by atoms with Gasteiger partial charge in [0.25, 0.3) is 0 Å². The van der Waals surface area contributed by atoms with Gasteiger partial charge in [0.2, 0.25) is 5.91 Å². The van der Waals surface area contributed by atoms with Crippen molar-refractivity contribution in [2.75, 3.05) is 13.1 Å². The minimum Gasteiger partial charge on any atom is -0.481 e. The van der Waals surface area contributed by atoms with Gasteiger partial charge in [0.15, 0.2) is 0 Å². The fourth-order valence-corrected chi connectivity index (χ4v) is 3.52. The van der Waals surface area contributed by atoms with E-state index in [1.165, 1.54) is 12.1 Å². The largest absolute Gasteiger partial charge is 0.481 e. The summed E-state index contributed by atoms with van der Waals surface area (Å²) in [4.78, 5) is 28.9. The number of carbonyl (C=O) groups is 2. The van der Waals surface area contributed by atoms with Gasteiger partial charge in [-0.2, -0.15) is 0 Å². The molecule has 0 saturated carbocycles. The van der Waals surface area contributed by atoms with Gasteiger partial charge < -0.3 is 15.0 Å². The molecule has 1 amide bonds. The molecule has 1 saturated heterocycles. The summed E-state index contributed by atoms with van der Waals surface area (Å²) < 4.78 is 13.2. The second kappa shape index (κ2) is 5.92. The summed E-state index contributed by atoms with van der Waals surface area (Å²) in [5, 5.41) is 10.4. The number of halogens is 1. The van der Waals surface area contributed by atoms with Crippen LogP contribution in [0, 0.1) is 17.2 Å². The summed E-state index contributed by atoms with van der Waals surface area (Å²) in [6, 6.07) is 4.42. The molecular formula is C18H21FN2O3. The maximum atomic E-state index is 13.2. The summed E-state index contributed by atoms with van der Waals surface area (Å²) >= 11 is 0. The van der Waals surface area contributed by atoms with Gasteiger partial charge in [-0.05, 0) is 36.1 Å². The van der Waals surface area contributed by atoms with Crippen LogP contribution in [0.3, 0.4) is 0 Å². The number of carboxylic acid groups (broad SMARTS) is 1. The van der Waals surface area contributed by atoms with Gasteiger partial charge >= 0.3 is 5.97 Å². The third-order valence-electron chi connectivity index (χ3n) is 5.26. The Labute approximate surface area is 139 Å². The van der Waals surface area contributed by atoms with Crippen LogP contribution in [0.1, 0.15) is 25.8 Å². The Morgan fingerprint density at radius 1 is 1.42 bits per heavy atom. The van der Waals surface area contributed by atoms with Gasteiger partial charge in [-0.1, -0.05) is 13.8 Å². The normalized spacial score (nSPS) is 20.9. The average Bonchev–Trinajstić information content (AvgIpc) is 3.12. The number of benzene rings is 1. The highest BCUT2D eigenvalue weighted by Crippen LogP contribution is 2.38. The lowest BCUT2D eigenvalue weighted by Gasteiger charge is -2.28. The van der Waals surface area contributed by atoms with Gasteiger partial charge in [0, 0.05) is 30.2 Å². The Morgan fingerprint density at radius 3 is 2.79 bits per heavy atom. The molecule has 0 aliphatic carbocycles. The van der Waals surface area contributed by atoms with E-state index < -0.39 is 11.4 Å². The number of aliphatic carboxylic acids is 1. The molecule has 0 spiro atoms. The third kappa shape index (κ3) is 2.66. The molecule has 1 atom stereocenters. The molecule has 1 aromatic carbocycles. The van der Waals surface area contributed by atoms with Crippen molar-refractivity contribution >= 4 is 22.8 Å². The van der Waals surface area contributed by atoms with E-state index in [0.29, 0.717) is 18.5 Å². The van der Waals surface area contributed by atoms with Crippen molar-refractivity contribution in [1.29, 1.82) is 0 Å². The average molecular weight is 332 g/mol. The number of rotatable bonds is 4. The Hall–Kier alpha value is -2.37. The summed E-state index contributed by atoms with van der Waals surface area (Å²) in [7, 11) is 0. The second-order valence-electron chi connectivity index (χ2n) is 6.86. The van der Waals surface area contributed by atoms with E-state index in [1.54, 1.807) is 17.2 Å². The van der Waals surface area contributed by atoms with Crippen molar-refractivity contribution < 1.29 is 19.1 Å². The fraction of sp³-hybridized carbons (Fsp3) is 0.444. The highest BCUT2D eigenvalue weighted by Gasteiger charge is 2.48. The molecule has 1 aliphatic heterocycles. The Balaban J connectivity index is 1.77. The highest BCUT2D eigenvalue weighted by atomic mass is 19.1. The van der Waals surface area contributed by atoms with E-state index in [2.05, 4.69) is 4.98 Å². The Kier molecular flexibility index (Phi) is 4.07. The number of amides is 1. The number of nitrogens with one attached hydrogen (secondary N) is 1. The SMILES string of the molecule is CC(C)C1(C(=O)O)CCN(C(=O)Cc2c[nH]c3cc(F)ccc23)C1. The van der Waals surface area contributed by atoms with E-state index >= 15 is 0 Å². The number of H-pyrrole nitrogens is 1. The molecule has 1 unspecified atom stereocenters. The third-order valence-corrected chi connectivity index (χ3v) is 5.26. The van der Waals surface area contributed by atoms with Gasteiger partial charge in [0.05, 0.1) is 11.8 Å². The van der Waals surface area contributed by atoms with Crippen LogP contribution in [0.5, 0.6) is 0 Å². The number of fused-ring (bicyclic) bond motifs is 1. The van der Waals surface area contributed by atoms with E-state index in [0.717, 1.165) is 10.9 Å². The number of likely N-dealkylation sites (tertiary alicyclic amines) is 1. The molecule has 0 bridgehead atoms. The monoisotopic (exact) mass is 332 g/mol. The number of carboxylic acids is 1. The van der Waals surface area contributed by atoms with Crippen LogP contribution in [0.4, 0.5) is 4.39 Å². The summed E-state index contributed by atoms with van der Waals surface area (Å²) in [6.45, 7) is 4.47. The van der Waals surface area contributed by atoms with E-state index in [1.807, 2.05) is 13.8 Å². The smallest absolute Gasteiger partial charge is 0.311 e. The molecule has 128 valence electrons. The number of carbonyl (C=O) groups excluding carboxylic acids is 1. The van der Waals surface area contributed by atoms with Crippen molar-refractivity contribution in [2.24, 2.45) is 11.3 Å². The van der Waals surface area contributed by atoms with Crippen LogP contribution in [0.2, 0.25) is 0 Å². The van der Waals surface area contributed by atoms with Crippen LogP contribution in [0.25, 0.3) is 10.9 Å². The first-order valence-electron chi connectivity index (χ1n) is 8.10. The van der Waals surface area contributed by atoms with Crippen molar-refractivity contribution in [1.82, 2.24) is 9.88 Å². The van der Waals surface area contributed by atoms with Gasteiger partial charge in [-0.3, -0.25) is 9.59 Å². The molecule has 6 heteroatoms. The van der Waals surface area contributed by atoms with Crippen molar-refractivity contribution in [3.8, 4) is 0 Å². The minimum absolute atomic E-state index is 0.0381. The maximum Gasteiger partial charge on any atom is 0.311 e. The highest BCUT2D eigenvalue weighted by molar-refractivity contribution is 5.89. The van der Waals surface area contributed by atoms with Gasteiger partial charge in [-0.15, -0.1) is 0 Å². The molecule has 2 N–H and O–H groups in total. The predicted molar refractivity (Wildman–Crippen MR) is 88.1 cm³/mol. The number of nitrogens with zero attached hydrogens (tertiary/aromatic N) is 1. The lowest BCUT2D eigenvalue weighted by Crippen LogP contribution is -2.41. The quantitative estimate of drug-likeness (QED) is 0.904. The molecule has 5 nitrogen and oxygen atoms in total. The molecule has 1 fully saturated rings. The van der Waals surface area contributed by atoms with Crippen molar-refractivity contribution in [3.63, 3.8) is 0 Å². The van der Waals surface area contributed by atoms with Crippen LogP contribution in [0.15, 0.2) is 24.4 Å². The topological polar surface area (TPSA) is 73.4 Å². The maximum absolute atomic E-state index is 13.2. The zero-order valence-electron chi connectivity index (χ0n) is 13.8. The Bertz CT molecular complexity index is 799. The van der Waals surface area contributed by atoms with Gasteiger partial charge in [-0.25, -0.2) is 4.39 Å². The zero-order chi connectivity index (χ0) is 17.5. The summed E-state index contributed by atoms with van der Waals surface area (Å²) in [5.74, 6) is -1.30. The standard InChI is InChI=1S/C18H21FN2O3/c1-11(2)18(17(23)24)5-6-21(10-18)16(22)7-12-9-20-15-8-13(19)3-4-14(12)15/h3-4,8-9,11,20H,5-7,10H2,1-2H3,(H,23,24). The first-order valence-corrected chi connectivity index (χ1v) is 8.10. The Morgan fingerprint density at radius 2 is 2.17 bits per heavy atom. The van der Waals surface area contributed by atoms with E-state index in [9.17, 15) is 19.1 Å². The first kappa shape index (κ1) is 16.5. The first-order chi connectivity index (χ1) is 11.3. The summed E-state index contributed by atoms with van der Waals surface area (Å²) in [6.07, 6.45) is 2.37. The molecule has 2 aromatic rings. The zero-order valence-corrected chi connectivity index (χ0v) is 13.8. The second-order valence-corrected chi connectivity index (χ2v) is 6.86. The number of hydrogen-bond acceptors (Lipinski definition) is 2. The minimum atomic E-state index is -0.862. The molecule has 0 radical (unpaired) electrons. The van der Waals surface area contributed by atoms with Crippen LogP contribution >= 0.6 is 0 Å². The fourth-order valence-electron chi connectivity index (χ4n) is 3.52. The van der Waals surface area contributed by atoms with E-state index in [4.69, 9.17) is 0 Å². The molecule has 1 aliphatic rings. The van der Waals surface area contributed by atoms with Crippen LogP contribution in [-0.4, -0.2) is 40.0 Å². The number of aromatic amines is 1. The molecule has 1 aromatic heterocycles. The summed E-state index contributed by atoms with van der Waals surface area (Å²) in [5.41, 5.74) is 0.590. The van der Waals surface area contributed by atoms with Crippen LogP contribution in [-0.2, 0) is 16.0 Å². The van der Waals surface area contributed by atoms with Crippen LogP contribution < -0.4 is 0 Å². The predicted octanol–water partition coefficient (Wildman–Crippen LogP) is 2.81.